The van der Waals surface area contributed by atoms with E-state index in [4.69, 9.17) is 0 Å². The van der Waals surface area contributed by atoms with Gasteiger partial charge in [0.1, 0.15) is 5.54 Å². The highest BCUT2D eigenvalue weighted by molar-refractivity contribution is 5.86. The van der Waals surface area contributed by atoms with E-state index in [1.807, 2.05) is 0 Å². The van der Waals surface area contributed by atoms with Gasteiger partial charge in [-0.1, -0.05) is 6.92 Å². The summed E-state index contributed by atoms with van der Waals surface area (Å²) >= 11 is 0. The Morgan fingerprint density at radius 3 is 2.50 bits per heavy atom. The fourth-order valence-electron chi connectivity index (χ4n) is 2.70. The van der Waals surface area contributed by atoms with Crippen LogP contribution >= 0.6 is 0 Å². The molecule has 1 heterocycles. The third kappa shape index (κ3) is 2.18. The molecule has 2 amide bonds. The van der Waals surface area contributed by atoms with Gasteiger partial charge in [0, 0.05) is 13.1 Å². The third-order valence-corrected chi connectivity index (χ3v) is 4.67. The highest BCUT2D eigenvalue weighted by Gasteiger charge is 2.47. The van der Waals surface area contributed by atoms with E-state index < -0.39 is 11.5 Å². The highest BCUT2D eigenvalue weighted by Crippen LogP contribution is 2.47. The molecular formula is C13H22N2O3. The Morgan fingerprint density at radius 2 is 2.00 bits per heavy atom. The number of hydrogen-bond donors (Lipinski definition) is 2. The first-order valence-corrected chi connectivity index (χ1v) is 6.72. The summed E-state index contributed by atoms with van der Waals surface area (Å²) in [4.78, 5) is 24.9. The summed E-state index contributed by atoms with van der Waals surface area (Å²) in [7, 11) is 0. The van der Waals surface area contributed by atoms with Gasteiger partial charge >= 0.3 is 12.0 Å². The zero-order valence-corrected chi connectivity index (χ0v) is 11.2. The van der Waals surface area contributed by atoms with Crippen LogP contribution in [0.1, 0.15) is 46.0 Å². The summed E-state index contributed by atoms with van der Waals surface area (Å²) in [6, 6.07) is -0.225. The van der Waals surface area contributed by atoms with Crippen molar-refractivity contribution in [1.82, 2.24) is 10.2 Å². The minimum Gasteiger partial charge on any atom is -0.480 e. The van der Waals surface area contributed by atoms with Gasteiger partial charge in [0.05, 0.1) is 0 Å². The first-order valence-electron chi connectivity index (χ1n) is 6.72. The lowest BCUT2D eigenvalue weighted by Gasteiger charge is -2.31. The van der Waals surface area contributed by atoms with Crippen molar-refractivity contribution < 1.29 is 14.7 Å². The number of nitrogens with one attached hydrogen (secondary N) is 1. The molecule has 2 aliphatic rings. The Labute approximate surface area is 108 Å². The Bertz CT molecular complexity index is 365. The largest absolute Gasteiger partial charge is 0.480 e. The Morgan fingerprint density at radius 1 is 1.33 bits per heavy atom. The summed E-state index contributed by atoms with van der Waals surface area (Å²) in [5.74, 6) is -0.910. The number of carbonyl (C=O) groups excluding carboxylic acids is 1. The van der Waals surface area contributed by atoms with Crippen LogP contribution in [-0.4, -0.2) is 40.6 Å². The van der Waals surface area contributed by atoms with Crippen LogP contribution in [-0.2, 0) is 4.79 Å². The molecule has 18 heavy (non-hydrogen) atoms. The lowest BCUT2D eigenvalue weighted by atomic mass is 9.99. The molecule has 1 saturated heterocycles. The summed E-state index contributed by atoms with van der Waals surface area (Å²) in [5.41, 5.74) is -0.748. The molecule has 5 nitrogen and oxygen atoms in total. The maximum atomic E-state index is 12.1. The molecule has 5 heteroatoms. The number of aliphatic carboxylic acids is 1. The monoisotopic (exact) mass is 254 g/mol. The number of amides is 2. The Hall–Kier alpha value is -1.26. The van der Waals surface area contributed by atoms with E-state index in [0.29, 0.717) is 19.5 Å². The van der Waals surface area contributed by atoms with Gasteiger partial charge in [0.15, 0.2) is 0 Å². The normalized spacial score (nSPS) is 29.1. The predicted molar refractivity (Wildman–Crippen MR) is 67.3 cm³/mol. The van der Waals surface area contributed by atoms with Crippen molar-refractivity contribution in [2.75, 3.05) is 13.1 Å². The fourth-order valence-corrected chi connectivity index (χ4v) is 2.70. The number of carbonyl (C=O) groups is 2. The van der Waals surface area contributed by atoms with Crippen LogP contribution in [0.15, 0.2) is 0 Å². The van der Waals surface area contributed by atoms with E-state index >= 15 is 0 Å². The van der Waals surface area contributed by atoms with Crippen LogP contribution in [0.5, 0.6) is 0 Å². The lowest BCUT2D eigenvalue weighted by Crippen LogP contribution is -2.54. The first kappa shape index (κ1) is 13.2. The topological polar surface area (TPSA) is 69.6 Å². The zero-order chi connectivity index (χ0) is 13.4. The van der Waals surface area contributed by atoms with Gasteiger partial charge in [-0.05, 0) is 44.4 Å². The average molecular weight is 254 g/mol. The average Bonchev–Trinajstić information content (AvgIpc) is 3.02. The van der Waals surface area contributed by atoms with E-state index in [2.05, 4.69) is 12.2 Å². The lowest BCUT2D eigenvalue weighted by molar-refractivity contribution is -0.147. The van der Waals surface area contributed by atoms with Crippen molar-refractivity contribution >= 4 is 12.0 Å². The second-order valence-corrected chi connectivity index (χ2v) is 5.85. The molecule has 1 atom stereocenters. The SMILES string of the molecule is CCC1(CNC(=O)N2CCCC2(C)C(=O)O)CC1. The van der Waals surface area contributed by atoms with E-state index in [1.165, 1.54) is 17.7 Å². The third-order valence-electron chi connectivity index (χ3n) is 4.67. The molecule has 102 valence electrons. The molecule has 0 aromatic heterocycles. The van der Waals surface area contributed by atoms with Crippen LogP contribution in [0, 0.1) is 5.41 Å². The van der Waals surface area contributed by atoms with Crippen LogP contribution in [0.4, 0.5) is 4.79 Å². The maximum absolute atomic E-state index is 12.1. The smallest absolute Gasteiger partial charge is 0.329 e. The van der Waals surface area contributed by atoms with Crippen molar-refractivity contribution in [2.45, 2.75) is 51.5 Å². The van der Waals surface area contributed by atoms with Crippen LogP contribution in [0.3, 0.4) is 0 Å². The summed E-state index contributed by atoms with van der Waals surface area (Å²) in [6.45, 7) is 4.98. The number of urea groups is 1. The molecule has 2 N–H and O–H groups in total. The number of rotatable bonds is 4. The van der Waals surface area contributed by atoms with Crippen LogP contribution in [0.25, 0.3) is 0 Å². The van der Waals surface area contributed by atoms with Gasteiger partial charge in [-0.3, -0.25) is 0 Å². The predicted octanol–water partition coefficient (Wildman–Crippen LogP) is 1.83. The number of nitrogens with zero attached hydrogens (tertiary/aromatic N) is 1. The molecule has 0 aromatic carbocycles. The molecular weight excluding hydrogens is 232 g/mol. The molecule has 2 fully saturated rings. The van der Waals surface area contributed by atoms with E-state index in [-0.39, 0.29) is 11.4 Å². The minimum absolute atomic E-state index is 0.225. The van der Waals surface area contributed by atoms with Crippen molar-refractivity contribution in [2.24, 2.45) is 5.41 Å². The molecule has 1 aliphatic heterocycles. The van der Waals surface area contributed by atoms with Gasteiger partial charge in [-0.25, -0.2) is 9.59 Å². The van der Waals surface area contributed by atoms with Crippen LogP contribution < -0.4 is 5.32 Å². The Kier molecular flexibility index (Phi) is 3.25. The molecule has 0 radical (unpaired) electrons. The molecule has 0 spiro atoms. The number of likely N-dealkylation sites (tertiary alicyclic amines) is 1. The van der Waals surface area contributed by atoms with Crippen molar-refractivity contribution in [1.29, 1.82) is 0 Å². The van der Waals surface area contributed by atoms with Gasteiger partial charge in [0.2, 0.25) is 0 Å². The van der Waals surface area contributed by atoms with Gasteiger partial charge in [-0.15, -0.1) is 0 Å². The number of carboxylic acids is 1. The summed E-state index contributed by atoms with van der Waals surface area (Å²) in [6.07, 6.45) is 4.70. The van der Waals surface area contributed by atoms with Gasteiger partial charge < -0.3 is 15.3 Å². The van der Waals surface area contributed by atoms with Crippen molar-refractivity contribution in [3.63, 3.8) is 0 Å². The van der Waals surface area contributed by atoms with Gasteiger partial charge in [0.25, 0.3) is 0 Å². The van der Waals surface area contributed by atoms with E-state index in [9.17, 15) is 14.7 Å². The molecule has 1 aliphatic carbocycles. The molecule has 0 bridgehead atoms. The van der Waals surface area contributed by atoms with Crippen molar-refractivity contribution in [3.8, 4) is 0 Å². The van der Waals surface area contributed by atoms with E-state index in [1.54, 1.807) is 6.92 Å². The van der Waals surface area contributed by atoms with Crippen LogP contribution in [0.2, 0.25) is 0 Å². The fraction of sp³-hybridized carbons (Fsp3) is 0.846. The second kappa shape index (κ2) is 4.44. The van der Waals surface area contributed by atoms with E-state index in [0.717, 1.165) is 12.8 Å². The zero-order valence-electron chi connectivity index (χ0n) is 11.2. The summed E-state index contributed by atoms with van der Waals surface area (Å²) in [5, 5.41) is 12.2. The molecule has 1 unspecified atom stereocenters. The number of hydrogen-bond acceptors (Lipinski definition) is 2. The number of carboxylic acid groups (broad SMARTS) is 1. The minimum atomic E-state index is -1.03. The first-order chi connectivity index (χ1) is 8.43. The maximum Gasteiger partial charge on any atom is 0.329 e. The second-order valence-electron chi connectivity index (χ2n) is 5.85. The molecule has 0 aromatic rings. The molecule has 1 saturated carbocycles. The van der Waals surface area contributed by atoms with Gasteiger partial charge in [-0.2, -0.15) is 0 Å². The molecule has 2 rings (SSSR count). The highest BCUT2D eigenvalue weighted by atomic mass is 16.4. The summed E-state index contributed by atoms with van der Waals surface area (Å²) < 4.78 is 0. The van der Waals surface area contributed by atoms with Crippen molar-refractivity contribution in [3.05, 3.63) is 0 Å². The Balaban J connectivity index is 1.94. The quantitative estimate of drug-likeness (QED) is 0.804. The standard InChI is InChI=1S/C13H22N2O3/c1-3-13(6-7-13)9-14-11(18)15-8-4-5-12(15,2)10(16)17/h3-9H2,1-2H3,(H,14,18)(H,16,17).